The molecule has 1 fully saturated rings. The lowest BCUT2D eigenvalue weighted by atomic mass is 10.3. The zero-order chi connectivity index (χ0) is 15.1. The lowest BCUT2D eigenvalue weighted by Gasteiger charge is -2.18. The number of anilines is 1. The van der Waals surface area contributed by atoms with Gasteiger partial charge in [-0.3, -0.25) is 4.79 Å². The van der Waals surface area contributed by atoms with Crippen LogP contribution in [0, 0.1) is 0 Å². The highest BCUT2D eigenvalue weighted by Crippen LogP contribution is 2.16. The maximum absolute atomic E-state index is 11.7. The number of pyridine rings is 1. The maximum atomic E-state index is 11.7. The first-order valence-corrected chi connectivity index (χ1v) is 7.10. The Bertz CT molecular complexity index is 480. The summed E-state index contributed by atoms with van der Waals surface area (Å²) in [4.78, 5) is 28.9. The molecule has 1 aromatic heterocycles. The Kier molecular flexibility index (Phi) is 5.36. The Labute approximate surface area is 124 Å². The van der Waals surface area contributed by atoms with E-state index in [1.165, 1.54) is 6.92 Å². The number of urea groups is 1. The fourth-order valence-electron chi connectivity index (χ4n) is 2.28. The van der Waals surface area contributed by atoms with Crippen LogP contribution in [0.15, 0.2) is 24.4 Å². The lowest BCUT2D eigenvalue weighted by Crippen LogP contribution is -2.45. The van der Waals surface area contributed by atoms with Crippen molar-refractivity contribution in [1.82, 2.24) is 20.9 Å². The first-order valence-electron chi connectivity index (χ1n) is 7.10. The quantitative estimate of drug-likeness (QED) is 0.671. The predicted molar refractivity (Wildman–Crippen MR) is 80.1 cm³/mol. The van der Waals surface area contributed by atoms with Gasteiger partial charge in [-0.25, -0.2) is 9.78 Å². The standard InChI is InChI=1S/C14H21N5O2/c1-11(20)15-7-8-17-14(21)18-12-5-9-19(10-12)13-4-2-3-6-16-13/h2-4,6,12H,5,7-10H2,1H3,(H,15,20)(H2,17,18,21)/t12-/m1/s1. The topological polar surface area (TPSA) is 86.4 Å². The second-order valence-corrected chi connectivity index (χ2v) is 5.00. The van der Waals surface area contributed by atoms with Crippen molar-refractivity contribution in [3.63, 3.8) is 0 Å². The number of amides is 3. The maximum Gasteiger partial charge on any atom is 0.315 e. The molecule has 3 N–H and O–H groups in total. The normalized spacial score (nSPS) is 17.4. The summed E-state index contributed by atoms with van der Waals surface area (Å²) in [5.74, 6) is 0.840. The van der Waals surface area contributed by atoms with Gasteiger partial charge in [-0.2, -0.15) is 0 Å². The van der Waals surface area contributed by atoms with Crippen LogP contribution in [0.25, 0.3) is 0 Å². The van der Waals surface area contributed by atoms with Gasteiger partial charge >= 0.3 is 6.03 Å². The number of nitrogens with one attached hydrogen (secondary N) is 3. The molecule has 0 saturated carbocycles. The SMILES string of the molecule is CC(=O)NCCNC(=O)N[C@@H]1CCN(c2ccccn2)C1. The number of carbonyl (C=O) groups excluding carboxylic acids is 2. The number of hydrogen-bond acceptors (Lipinski definition) is 4. The Hall–Kier alpha value is -2.31. The van der Waals surface area contributed by atoms with Crippen molar-refractivity contribution >= 4 is 17.8 Å². The van der Waals surface area contributed by atoms with Crippen molar-refractivity contribution in [3.8, 4) is 0 Å². The highest BCUT2D eigenvalue weighted by Gasteiger charge is 2.24. The number of aromatic nitrogens is 1. The Morgan fingerprint density at radius 3 is 2.86 bits per heavy atom. The van der Waals surface area contributed by atoms with E-state index in [1.807, 2.05) is 18.2 Å². The van der Waals surface area contributed by atoms with Gasteiger partial charge in [-0.1, -0.05) is 6.07 Å². The van der Waals surface area contributed by atoms with Crippen molar-refractivity contribution in [3.05, 3.63) is 24.4 Å². The monoisotopic (exact) mass is 291 g/mol. The van der Waals surface area contributed by atoms with Gasteiger partial charge in [0.15, 0.2) is 0 Å². The van der Waals surface area contributed by atoms with Gasteiger partial charge in [0.2, 0.25) is 5.91 Å². The van der Waals surface area contributed by atoms with Crippen molar-refractivity contribution in [1.29, 1.82) is 0 Å². The molecule has 0 radical (unpaired) electrons. The Morgan fingerprint density at radius 1 is 1.33 bits per heavy atom. The van der Waals surface area contributed by atoms with Crippen LogP contribution >= 0.6 is 0 Å². The van der Waals surface area contributed by atoms with Crippen molar-refractivity contribution < 1.29 is 9.59 Å². The summed E-state index contributed by atoms with van der Waals surface area (Å²) >= 11 is 0. The van der Waals surface area contributed by atoms with E-state index in [2.05, 4.69) is 25.8 Å². The molecular weight excluding hydrogens is 270 g/mol. The average molecular weight is 291 g/mol. The van der Waals surface area contributed by atoms with E-state index in [-0.39, 0.29) is 18.0 Å². The van der Waals surface area contributed by atoms with Crippen molar-refractivity contribution in [2.45, 2.75) is 19.4 Å². The molecule has 1 atom stereocenters. The molecule has 0 aromatic carbocycles. The van der Waals surface area contributed by atoms with E-state index >= 15 is 0 Å². The highest BCUT2D eigenvalue weighted by molar-refractivity contribution is 5.75. The third-order valence-corrected chi connectivity index (χ3v) is 3.28. The van der Waals surface area contributed by atoms with E-state index < -0.39 is 0 Å². The molecule has 21 heavy (non-hydrogen) atoms. The molecule has 1 aliphatic rings. The summed E-state index contributed by atoms with van der Waals surface area (Å²) in [6.45, 7) is 3.95. The molecule has 0 unspecified atom stereocenters. The van der Waals surface area contributed by atoms with Gasteiger partial charge in [-0.05, 0) is 18.6 Å². The third-order valence-electron chi connectivity index (χ3n) is 3.28. The van der Waals surface area contributed by atoms with Gasteiger partial charge < -0.3 is 20.9 Å². The molecule has 1 aliphatic heterocycles. The van der Waals surface area contributed by atoms with E-state index in [0.29, 0.717) is 13.1 Å². The number of hydrogen-bond donors (Lipinski definition) is 3. The molecular formula is C14H21N5O2. The van der Waals surface area contributed by atoms with Gasteiger partial charge in [0.1, 0.15) is 5.82 Å². The summed E-state index contributed by atoms with van der Waals surface area (Å²) in [5.41, 5.74) is 0. The molecule has 0 spiro atoms. The minimum atomic E-state index is -0.201. The molecule has 3 amide bonds. The number of carbonyl (C=O) groups is 2. The molecule has 2 heterocycles. The van der Waals surface area contributed by atoms with Crippen LogP contribution in [0.5, 0.6) is 0 Å². The van der Waals surface area contributed by atoms with E-state index in [0.717, 1.165) is 25.3 Å². The minimum Gasteiger partial charge on any atom is -0.355 e. The highest BCUT2D eigenvalue weighted by atomic mass is 16.2. The average Bonchev–Trinajstić information content (AvgIpc) is 2.93. The molecule has 1 aromatic rings. The van der Waals surface area contributed by atoms with Crippen LogP contribution in [0.1, 0.15) is 13.3 Å². The Balaban J connectivity index is 1.68. The minimum absolute atomic E-state index is 0.0981. The van der Waals surface area contributed by atoms with Gasteiger partial charge in [0, 0.05) is 45.3 Å². The zero-order valence-electron chi connectivity index (χ0n) is 12.1. The number of nitrogens with zero attached hydrogens (tertiary/aromatic N) is 2. The largest absolute Gasteiger partial charge is 0.355 e. The smallest absolute Gasteiger partial charge is 0.315 e. The van der Waals surface area contributed by atoms with Gasteiger partial charge in [0.25, 0.3) is 0 Å². The van der Waals surface area contributed by atoms with Crippen molar-refractivity contribution in [2.24, 2.45) is 0 Å². The van der Waals surface area contributed by atoms with Gasteiger partial charge in [-0.15, -0.1) is 0 Å². The zero-order valence-corrected chi connectivity index (χ0v) is 12.1. The Morgan fingerprint density at radius 2 is 2.14 bits per heavy atom. The van der Waals surface area contributed by atoms with Crippen molar-refractivity contribution in [2.75, 3.05) is 31.1 Å². The second-order valence-electron chi connectivity index (χ2n) is 5.00. The molecule has 114 valence electrons. The molecule has 7 heteroatoms. The summed E-state index contributed by atoms with van der Waals surface area (Å²) in [6, 6.07) is 5.73. The van der Waals surface area contributed by atoms with Crippen LogP contribution in [-0.2, 0) is 4.79 Å². The molecule has 2 rings (SSSR count). The molecule has 0 aliphatic carbocycles. The third kappa shape index (κ3) is 4.94. The molecule has 1 saturated heterocycles. The molecule has 7 nitrogen and oxygen atoms in total. The van der Waals surface area contributed by atoms with E-state index in [4.69, 9.17) is 0 Å². The second kappa shape index (κ2) is 7.47. The fraction of sp³-hybridized carbons (Fsp3) is 0.500. The van der Waals surface area contributed by atoms with Crippen LogP contribution < -0.4 is 20.9 Å². The van der Waals surface area contributed by atoms with E-state index in [9.17, 15) is 9.59 Å². The summed E-state index contributed by atoms with van der Waals surface area (Å²) in [6.07, 6.45) is 2.67. The summed E-state index contributed by atoms with van der Waals surface area (Å²) in [7, 11) is 0. The predicted octanol–water partition coefficient (Wildman–Crippen LogP) is 0.0956. The van der Waals surface area contributed by atoms with Crippen LogP contribution in [0.4, 0.5) is 10.6 Å². The van der Waals surface area contributed by atoms with Crippen LogP contribution in [0.2, 0.25) is 0 Å². The fourth-order valence-corrected chi connectivity index (χ4v) is 2.28. The first-order chi connectivity index (χ1) is 10.1. The first kappa shape index (κ1) is 15.1. The van der Waals surface area contributed by atoms with Gasteiger partial charge in [0.05, 0.1) is 0 Å². The molecule has 0 bridgehead atoms. The summed E-state index contributed by atoms with van der Waals surface area (Å²) < 4.78 is 0. The summed E-state index contributed by atoms with van der Waals surface area (Å²) in [5, 5.41) is 8.28. The van der Waals surface area contributed by atoms with Crippen LogP contribution in [-0.4, -0.2) is 49.1 Å². The lowest BCUT2D eigenvalue weighted by molar-refractivity contribution is -0.118. The van der Waals surface area contributed by atoms with Crippen LogP contribution in [0.3, 0.4) is 0 Å². The van der Waals surface area contributed by atoms with E-state index in [1.54, 1.807) is 6.20 Å². The number of rotatable bonds is 5.